The van der Waals surface area contributed by atoms with Gasteiger partial charge in [0.1, 0.15) is 0 Å². The first kappa shape index (κ1) is 13.5. The normalized spacial score (nSPS) is 17.9. The average molecular weight is 226 g/mol. The van der Waals surface area contributed by atoms with Crippen molar-refractivity contribution in [3.8, 4) is 0 Å². The zero-order chi connectivity index (χ0) is 12.3. The summed E-state index contributed by atoms with van der Waals surface area (Å²) in [4.78, 5) is 14.1. The van der Waals surface area contributed by atoms with Gasteiger partial charge in [-0.2, -0.15) is 0 Å². The van der Waals surface area contributed by atoms with E-state index in [1.54, 1.807) is 0 Å². The van der Waals surface area contributed by atoms with E-state index in [-0.39, 0.29) is 18.0 Å². The van der Waals surface area contributed by atoms with E-state index in [1.807, 2.05) is 4.90 Å². The molecule has 16 heavy (non-hydrogen) atoms. The molecular formula is C13H26N2O. The molecule has 0 aromatic carbocycles. The molecule has 3 nitrogen and oxygen atoms in total. The van der Waals surface area contributed by atoms with Crippen LogP contribution in [-0.4, -0.2) is 29.4 Å². The van der Waals surface area contributed by atoms with E-state index in [0.29, 0.717) is 5.92 Å². The van der Waals surface area contributed by atoms with Gasteiger partial charge in [-0.1, -0.05) is 13.8 Å². The molecule has 0 aliphatic heterocycles. The number of rotatable bonds is 6. The van der Waals surface area contributed by atoms with Crippen LogP contribution in [0.2, 0.25) is 0 Å². The van der Waals surface area contributed by atoms with Crippen molar-refractivity contribution in [1.29, 1.82) is 0 Å². The van der Waals surface area contributed by atoms with Crippen molar-refractivity contribution in [1.82, 2.24) is 4.90 Å². The van der Waals surface area contributed by atoms with E-state index in [0.717, 1.165) is 18.9 Å². The molecule has 2 N–H and O–H groups in total. The highest BCUT2D eigenvalue weighted by Crippen LogP contribution is 2.30. The lowest BCUT2D eigenvalue weighted by atomic mass is 10.0. The van der Waals surface area contributed by atoms with Gasteiger partial charge >= 0.3 is 0 Å². The average Bonchev–Trinajstić information content (AvgIpc) is 2.95. The number of hydrogen-bond donors (Lipinski definition) is 1. The second-order valence-electron chi connectivity index (χ2n) is 5.76. The maximum absolute atomic E-state index is 12.2. The fourth-order valence-electron chi connectivity index (χ4n) is 1.96. The second-order valence-corrected chi connectivity index (χ2v) is 5.76. The highest BCUT2D eigenvalue weighted by atomic mass is 16.2. The van der Waals surface area contributed by atoms with Gasteiger partial charge in [-0.05, 0) is 44.9 Å². The van der Waals surface area contributed by atoms with Crippen LogP contribution in [0.1, 0.15) is 47.0 Å². The molecule has 0 radical (unpaired) electrons. The topological polar surface area (TPSA) is 46.3 Å². The molecule has 1 atom stereocenters. The summed E-state index contributed by atoms with van der Waals surface area (Å²) >= 11 is 0. The van der Waals surface area contributed by atoms with Crippen LogP contribution < -0.4 is 5.73 Å². The Labute approximate surface area is 99.4 Å². The summed E-state index contributed by atoms with van der Waals surface area (Å²) in [5.41, 5.74) is 5.96. The van der Waals surface area contributed by atoms with Crippen molar-refractivity contribution in [3.63, 3.8) is 0 Å². The lowest BCUT2D eigenvalue weighted by Crippen LogP contribution is -2.48. The first-order valence-corrected chi connectivity index (χ1v) is 6.47. The SMILES string of the molecule is CC(C)CC(N)C(=O)N(CC1CC1)C(C)C. The van der Waals surface area contributed by atoms with Crippen molar-refractivity contribution in [2.75, 3.05) is 6.54 Å². The molecule has 1 amide bonds. The summed E-state index contributed by atoms with van der Waals surface area (Å²) in [6.07, 6.45) is 3.33. The number of hydrogen-bond acceptors (Lipinski definition) is 2. The van der Waals surface area contributed by atoms with Gasteiger partial charge in [-0.15, -0.1) is 0 Å². The molecule has 1 rings (SSSR count). The number of nitrogens with zero attached hydrogens (tertiary/aromatic N) is 1. The first-order valence-electron chi connectivity index (χ1n) is 6.47. The quantitative estimate of drug-likeness (QED) is 0.753. The first-order chi connectivity index (χ1) is 7.41. The largest absolute Gasteiger partial charge is 0.339 e. The van der Waals surface area contributed by atoms with Gasteiger partial charge in [0, 0.05) is 12.6 Å². The highest BCUT2D eigenvalue weighted by molar-refractivity contribution is 5.81. The van der Waals surface area contributed by atoms with Crippen LogP contribution >= 0.6 is 0 Å². The van der Waals surface area contributed by atoms with Gasteiger partial charge in [0.25, 0.3) is 0 Å². The Morgan fingerprint density at radius 2 is 1.88 bits per heavy atom. The van der Waals surface area contributed by atoms with E-state index in [9.17, 15) is 4.79 Å². The highest BCUT2D eigenvalue weighted by Gasteiger charge is 2.30. The van der Waals surface area contributed by atoms with Crippen molar-refractivity contribution in [2.24, 2.45) is 17.6 Å². The predicted molar refractivity (Wildman–Crippen MR) is 67.0 cm³/mol. The van der Waals surface area contributed by atoms with Crippen LogP contribution in [-0.2, 0) is 4.79 Å². The molecule has 1 unspecified atom stereocenters. The van der Waals surface area contributed by atoms with Gasteiger partial charge in [0.2, 0.25) is 5.91 Å². The van der Waals surface area contributed by atoms with E-state index in [2.05, 4.69) is 27.7 Å². The Bertz CT molecular complexity index is 234. The zero-order valence-electron chi connectivity index (χ0n) is 11.1. The fourth-order valence-corrected chi connectivity index (χ4v) is 1.96. The lowest BCUT2D eigenvalue weighted by Gasteiger charge is -2.30. The van der Waals surface area contributed by atoms with Gasteiger partial charge in [0.05, 0.1) is 6.04 Å². The minimum Gasteiger partial charge on any atom is -0.339 e. The smallest absolute Gasteiger partial charge is 0.239 e. The van der Waals surface area contributed by atoms with Crippen LogP contribution in [0.4, 0.5) is 0 Å². The van der Waals surface area contributed by atoms with Gasteiger partial charge < -0.3 is 10.6 Å². The molecule has 1 fully saturated rings. The lowest BCUT2D eigenvalue weighted by molar-refractivity contribution is -0.134. The fraction of sp³-hybridized carbons (Fsp3) is 0.923. The van der Waals surface area contributed by atoms with Crippen LogP contribution in [0.25, 0.3) is 0 Å². The van der Waals surface area contributed by atoms with Crippen LogP contribution in [0.5, 0.6) is 0 Å². The Balaban J connectivity index is 2.51. The maximum atomic E-state index is 12.2. The molecule has 0 bridgehead atoms. The van der Waals surface area contributed by atoms with Gasteiger partial charge in [0.15, 0.2) is 0 Å². The third-order valence-corrected chi connectivity index (χ3v) is 3.10. The van der Waals surface area contributed by atoms with E-state index in [1.165, 1.54) is 12.8 Å². The Kier molecular flexibility index (Phi) is 4.78. The van der Waals surface area contributed by atoms with Crippen LogP contribution in [0.15, 0.2) is 0 Å². The van der Waals surface area contributed by atoms with Crippen LogP contribution in [0, 0.1) is 11.8 Å². The Morgan fingerprint density at radius 3 is 2.25 bits per heavy atom. The third-order valence-electron chi connectivity index (χ3n) is 3.10. The van der Waals surface area contributed by atoms with Crippen molar-refractivity contribution >= 4 is 5.91 Å². The second kappa shape index (κ2) is 5.67. The minimum atomic E-state index is -0.318. The summed E-state index contributed by atoms with van der Waals surface area (Å²) in [5.74, 6) is 1.35. The van der Waals surface area contributed by atoms with Crippen LogP contribution in [0.3, 0.4) is 0 Å². The monoisotopic (exact) mass is 226 g/mol. The molecule has 1 aliphatic rings. The standard InChI is InChI=1S/C13H26N2O/c1-9(2)7-12(14)13(16)15(10(3)4)8-11-5-6-11/h9-12H,5-8,14H2,1-4H3. The molecule has 0 aromatic heterocycles. The van der Waals surface area contributed by atoms with E-state index in [4.69, 9.17) is 5.73 Å². The van der Waals surface area contributed by atoms with Crippen molar-refractivity contribution in [3.05, 3.63) is 0 Å². The Morgan fingerprint density at radius 1 is 1.31 bits per heavy atom. The summed E-state index contributed by atoms with van der Waals surface area (Å²) in [7, 11) is 0. The summed E-state index contributed by atoms with van der Waals surface area (Å²) < 4.78 is 0. The van der Waals surface area contributed by atoms with E-state index >= 15 is 0 Å². The summed E-state index contributed by atoms with van der Waals surface area (Å²) in [6.45, 7) is 9.26. The summed E-state index contributed by atoms with van der Waals surface area (Å²) in [6, 6.07) is -0.0486. The molecule has 1 aliphatic carbocycles. The minimum absolute atomic E-state index is 0.135. The number of nitrogens with two attached hydrogens (primary N) is 1. The molecule has 3 heteroatoms. The number of amides is 1. The number of carbonyl (C=O) groups is 1. The predicted octanol–water partition coefficient (Wildman–Crippen LogP) is 2.01. The Hall–Kier alpha value is -0.570. The van der Waals surface area contributed by atoms with Gasteiger partial charge in [-0.25, -0.2) is 0 Å². The van der Waals surface area contributed by atoms with Crippen molar-refractivity contribution < 1.29 is 4.79 Å². The molecule has 0 saturated heterocycles. The third kappa shape index (κ3) is 4.12. The van der Waals surface area contributed by atoms with Gasteiger partial charge in [-0.3, -0.25) is 4.79 Å². The molecule has 94 valence electrons. The van der Waals surface area contributed by atoms with Crippen molar-refractivity contribution in [2.45, 2.75) is 59.0 Å². The summed E-state index contributed by atoms with van der Waals surface area (Å²) in [5, 5.41) is 0. The molecule has 0 aromatic rings. The molecule has 0 heterocycles. The van der Waals surface area contributed by atoms with E-state index < -0.39 is 0 Å². The molecule has 1 saturated carbocycles. The number of carbonyl (C=O) groups excluding carboxylic acids is 1. The maximum Gasteiger partial charge on any atom is 0.239 e. The molecule has 0 spiro atoms. The zero-order valence-corrected chi connectivity index (χ0v) is 11.1. The molecular weight excluding hydrogens is 200 g/mol.